The maximum Gasteiger partial charge on any atom is 0.255 e. The molecule has 1 amide bonds. The molecule has 0 bridgehead atoms. The summed E-state index contributed by atoms with van der Waals surface area (Å²) in [4.78, 5) is 13.1. The maximum atomic E-state index is 13.1. The van der Waals surface area contributed by atoms with Gasteiger partial charge in [-0.3, -0.25) is 4.79 Å². The predicted octanol–water partition coefficient (Wildman–Crippen LogP) is 1.98. The number of carbonyl (C=O) groups is 1. The monoisotopic (exact) mass is 462 g/mol. The molecule has 172 valence electrons. The fourth-order valence-corrected chi connectivity index (χ4v) is 5.08. The highest BCUT2D eigenvalue weighted by Gasteiger charge is 2.28. The summed E-state index contributed by atoms with van der Waals surface area (Å²) >= 11 is 0. The topological polar surface area (TPSA) is 103 Å². The molecule has 2 aliphatic rings. The number of benzene rings is 2. The van der Waals surface area contributed by atoms with E-state index in [2.05, 4.69) is 5.32 Å². The minimum atomic E-state index is -3.75. The van der Waals surface area contributed by atoms with Gasteiger partial charge in [-0.05, 0) is 42.8 Å². The number of amides is 1. The number of carbonyl (C=O) groups excluding carboxylic acids is 1. The Morgan fingerprint density at radius 3 is 2.47 bits per heavy atom. The Morgan fingerprint density at radius 1 is 1.03 bits per heavy atom. The molecule has 0 aromatic heterocycles. The lowest BCUT2D eigenvalue weighted by atomic mass is 10.1. The van der Waals surface area contributed by atoms with E-state index in [0.717, 1.165) is 5.56 Å². The number of nitrogens with zero attached hydrogens (tertiary/aromatic N) is 1. The molecule has 1 N–H and O–H groups in total. The van der Waals surface area contributed by atoms with Crippen LogP contribution in [0.25, 0.3) is 0 Å². The van der Waals surface area contributed by atoms with Crippen molar-refractivity contribution in [3.05, 3.63) is 47.5 Å². The second-order valence-electron chi connectivity index (χ2n) is 7.48. The first-order valence-electron chi connectivity index (χ1n) is 10.4. The molecule has 10 heteroatoms. The van der Waals surface area contributed by atoms with E-state index in [9.17, 15) is 13.2 Å². The van der Waals surface area contributed by atoms with E-state index in [-0.39, 0.29) is 35.3 Å². The summed E-state index contributed by atoms with van der Waals surface area (Å²) in [5.74, 6) is 1.15. The van der Waals surface area contributed by atoms with Gasteiger partial charge in [-0.15, -0.1) is 0 Å². The van der Waals surface area contributed by atoms with Crippen molar-refractivity contribution in [3.8, 4) is 17.2 Å². The minimum absolute atomic E-state index is 0.0392. The second kappa shape index (κ2) is 9.35. The van der Waals surface area contributed by atoms with E-state index in [1.165, 1.54) is 29.6 Å². The van der Waals surface area contributed by atoms with Gasteiger partial charge in [0.25, 0.3) is 5.91 Å². The number of hydrogen-bond acceptors (Lipinski definition) is 7. The van der Waals surface area contributed by atoms with Crippen molar-refractivity contribution in [2.24, 2.45) is 0 Å². The lowest BCUT2D eigenvalue weighted by Gasteiger charge is -2.26. The molecule has 2 aromatic carbocycles. The Morgan fingerprint density at radius 2 is 1.75 bits per heavy atom. The molecule has 32 heavy (non-hydrogen) atoms. The molecule has 0 saturated carbocycles. The molecule has 1 atom stereocenters. The molecular weight excluding hydrogens is 436 g/mol. The number of ether oxygens (including phenoxy) is 4. The summed E-state index contributed by atoms with van der Waals surface area (Å²) in [6, 6.07) is 9.44. The van der Waals surface area contributed by atoms with Gasteiger partial charge in [0.05, 0.1) is 36.8 Å². The number of sulfonamides is 1. The highest BCUT2D eigenvalue weighted by Crippen LogP contribution is 2.33. The minimum Gasteiger partial charge on any atom is -0.496 e. The van der Waals surface area contributed by atoms with Gasteiger partial charge in [0, 0.05) is 13.1 Å². The third-order valence-electron chi connectivity index (χ3n) is 5.44. The van der Waals surface area contributed by atoms with Crippen LogP contribution < -0.4 is 19.5 Å². The van der Waals surface area contributed by atoms with Crippen LogP contribution in [0, 0.1) is 0 Å². The zero-order chi connectivity index (χ0) is 22.7. The predicted molar refractivity (Wildman–Crippen MR) is 116 cm³/mol. The number of rotatable bonds is 6. The van der Waals surface area contributed by atoms with Crippen molar-refractivity contribution >= 4 is 15.9 Å². The van der Waals surface area contributed by atoms with Gasteiger partial charge in [-0.2, -0.15) is 4.31 Å². The lowest BCUT2D eigenvalue weighted by molar-refractivity contribution is 0.0730. The smallest absolute Gasteiger partial charge is 0.255 e. The molecule has 0 aliphatic carbocycles. The van der Waals surface area contributed by atoms with Crippen LogP contribution in [0.15, 0.2) is 41.3 Å². The highest BCUT2D eigenvalue weighted by molar-refractivity contribution is 7.89. The van der Waals surface area contributed by atoms with Crippen LogP contribution in [0.2, 0.25) is 0 Å². The van der Waals surface area contributed by atoms with Gasteiger partial charge in [0.2, 0.25) is 10.0 Å². The first-order chi connectivity index (χ1) is 15.4. The molecule has 0 radical (unpaired) electrons. The summed E-state index contributed by atoms with van der Waals surface area (Å²) in [5.41, 5.74) is 0.977. The van der Waals surface area contributed by atoms with Crippen molar-refractivity contribution in [2.75, 3.05) is 46.6 Å². The Balaban J connectivity index is 1.56. The van der Waals surface area contributed by atoms with E-state index >= 15 is 0 Å². The number of nitrogens with one attached hydrogen (secondary N) is 1. The van der Waals surface area contributed by atoms with E-state index in [1.54, 1.807) is 0 Å². The first kappa shape index (κ1) is 22.4. The molecule has 1 fully saturated rings. The van der Waals surface area contributed by atoms with Crippen LogP contribution in [-0.2, 0) is 14.8 Å². The number of methoxy groups -OCH3 is 1. The quantitative estimate of drug-likeness (QED) is 0.700. The van der Waals surface area contributed by atoms with Gasteiger partial charge >= 0.3 is 0 Å². The summed E-state index contributed by atoms with van der Waals surface area (Å²) < 4.78 is 49.1. The average Bonchev–Trinajstić information content (AvgIpc) is 2.83. The van der Waals surface area contributed by atoms with Gasteiger partial charge in [0.1, 0.15) is 19.0 Å². The Hall–Kier alpha value is -2.82. The summed E-state index contributed by atoms with van der Waals surface area (Å²) in [7, 11) is -2.31. The SMILES string of the molecule is COc1ccc(S(=O)(=O)N2CCOCC2)cc1C(=O)N[C@H](C)c1ccc2c(c1)OCCO2. The third-order valence-corrected chi connectivity index (χ3v) is 7.33. The fraction of sp³-hybridized carbons (Fsp3) is 0.409. The van der Waals surface area contributed by atoms with Crippen molar-refractivity contribution < 1.29 is 32.2 Å². The standard InChI is InChI=1S/C22H26N2O7S/c1-15(16-3-5-20-21(13-16)31-12-11-30-20)23-22(25)18-14-17(4-6-19(18)28-2)32(26,27)24-7-9-29-10-8-24/h3-6,13-15H,7-12H2,1-2H3,(H,23,25)/t15-/m1/s1. The average molecular weight is 463 g/mol. The summed E-state index contributed by atoms with van der Waals surface area (Å²) in [6.45, 7) is 4.05. The van der Waals surface area contributed by atoms with Gasteiger partial charge < -0.3 is 24.3 Å². The normalized spacial score (nSPS) is 17.4. The van der Waals surface area contributed by atoms with Crippen LogP contribution >= 0.6 is 0 Å². The molecule has 0 spiro atoms. The Kier molecular flexibility index (Phi) is 6.54. The number of morpholine rings is 1. The van der Waals surface area contributed by atoms with Crippen LogP contribution in [0.3, 0.4) is 0 Å². The van der Waals surface area contributed by atoms with E-state index in [0.29, 0.717) is 37.9 Å². The lowest BCUT2D eigenvalue weighted by Crippen LogP contribution is -2.40. The largest absolute Gasteiger partial charge is 0.496 e. The fourth-order valence-electron chi connectivity index (χ4n) is 3.65. The number of fused-ring (bicyclic) bond motifs is 1. The molecule has 2 aliphatic heterocycles. The highest BCUT2D eigenvalue weighted by atomic mass is 32.2. The summed E-state index contributed by atoms with van der Waals surface area (Å²) in [6.07, 6.45) is 0. The number of hydrogen-bond donors (Lipinski definition) is 1. The van der Waals surface area contributed by atoms with E-state index in [4.69, 9.17) is 18.9 Å². The molecule has 2 heterocycles. The van der Waals surface area contributed by atoms with Crippen LogP contribution in [0.5, 0.6) is 17.2 Å². The molecule has 0 unspecified atom stereocenters. The van der Waals surface area contributed by atoms with E-state index < -0.39 is 15.9 Å². The van der Waals surface area contributed by atoms with Crippen LogP contribution in [0.4, 0.5) is 0 Å². The third kappa shape index (κ3) is 4.52. The molecular formula is C22H26N2O7S. The van der Waals surface area contributed by atoms with Gasteiger partial charge in [0.15, 0.2) is 11.5 Å². The zero-order valence-electron chi connectivity index (χ0n) is 18.0. The molecule has 1 saturated heterocycles. The maximum absolute atomic E-state index is 13.1. The van der Waals surface area contributed by atoms with Crippen molar-refractivity contribution in [1.29, 1.82) is 0 Å². The summed E-state index contributed by atoms with van der Waals surface area (Å²) in [5, 5.41) is 2.91. The van der Waals surface area contributed by atoms with Crippen LogP contribution in [-0.4, -0.2) is 65.3 Å². The second-order valence-corrected chi connectivity index (χ2v) is 9.41. The van der Waals surface area contributed by atoms with Gasteiger partial charge in [-0.25, -0.2) is 8.42 Å². The molecule has 9 nitrogen and oxygen atoms in total. The first-order valence-corrected chi connectivity index (χ1v) is 11.8. The van der Waals surface area contributed by atoms with Crippen molar-refractivity contribution in [3.63, 3.8) is 0 Å². The van der Waals surface area contributed by atoms with Gasteiger partial charge in [-0.1, -0.05) is 6.07 Å². The van der Waals surface area contributed by atoms with E-state index in [1.807, 2.05) is 25.1 Å². The van der Waals surface area contributed by atoms with Crippen molar-refractivity contribution in [2.45, 2.75) is 17.9 Å². The Bertz CT molecular complexity index is 1100. The molecule has 4 rings (SSSR count). The molecule has 2 aromatic rings. The zero-order valence-corrected chi connectivity index (χ0v) is 18.8. The Labute approximate surface area is 187 Å². The van der Waals surface area contributed by atoms with Crippen LogP contribution in [0.1, 0.15) is 28.9 Å². The van der Waals surface area contributed by atoms with Crippen molar-refractivity contribution in [1.82, 2.24) is 9.62 Å².